The first-order valence-corrected chi connectivity index (χ1v) is 13.1. The highest BCUT2D eigenvalue weighted by atomic mass is 16.5. The molecule has 2 aromatic carbocycles. The van der Waals surface area contributed by atoms with E-state index in [4.69, 9.17) is 9.72 Å². The normalized spacial score (nSPS) is 22.8. The van der Waals surface area contributed by atoms with Gasteiger partial charge in [-0.3, -0.25) is 9.69 Å². The fraction of sp³-hybridized carbons (Fsp3) is 0.483. The highest BCUT2D eigenvalue weighted by Gasteiger charge is 2.34. The highest BCUT2D eigenvalue weighted by Crippen LogP contribution is 2.41. The molecule has 2 heterocycles. The van der Waals surface area contributed by atoms with E-state index in [2.05, 4.69) is 48.7 Å². The number of benzene rings is 2. The average molecular weight is 490 g/mol. The summed E-state index contributed by atoms with van der Waals surface area (Å²) in [6.07, 6.45) is 5.28. The Morgan fingerprint density at radius 3 is 2.47 bits per heavy atom. The van der Waals surface area contributed by atoms with Crippen LogP contribution in [0, 0.1) is 5.92 Å². The van der Waals surface area contributed by atoms with Crippen LogP contribution in [-0.4, -0.2) is 39.9 Å². The molecule has 1 amide bonds. The summed E-state index contributed by atoms with van der Waals surface area (Å²) in [7, 11) is 1.42. The molecule has 0 unspecified atom stereocenters. The lowest BCUT2D eigenvalue weighted by atomic mass is 9.85. The molecule has 1 fully saturated rings. The number of aromatic nitrogens is 2. The van der Waals surface area contributed by atoms with Gasteiger partial charge in [-0.25, -0.2) is 9.78 Å². The molecule has 1 aliphatic carbocycles. The van der Waals surface area contributed by atoms with Gasteiger partial charge < -0.3 is 14.4 Å². The van der Waals surface area contributed by atoms with E-state index >= 15 is 0 Å². The Labute approximate surface area is 212 Å². The van der Waals surface area contributed by atoms with Crippen LogP contribution in [0.4, 0.5) is 10.5 Å². The second-order valence-corrected chi connectivity index (χ2v) is 10.4. The number of anilines is 1. The van der Waals surface area contributed by atoms with E-state index in [0.29, 0.717) is 12.8 Å². The van der Waals surface area contributed by atoms with Gasteiger partial charge in [0.2, 0.25) is 0 Å². The van der Waals surface area contributed by atoms with E-state index in [1.54, 1.807) is 4.90 Å². The number of hydrogen-bond donors (Lipinski definition) is 1. The Bertz CT molecular complexity index is 1260. The van der Waals surface area contributed by atoms with Crippen LogP contribution < -0.4 is 4.90 Å². The topological polar surface area (TPSA) is 84.7 Å². The molecule has 1 saturated carbocycles. The summed E-state index contributed by atoms with van der Waals surface area (Å²) in [4.78, 5) is 31.2. The first kappa shape index (κ1) is 24.3. The molecule has 3 aromatic rings. The van der Waals surface area contributed by atoms with Crippen molar-refractivity contribution in [3.63, 3.8) is 0 Å². The van der Waals surface area contributed by atoms with Gasteiger partial charge in [-0.05, 0) is 69.6 Å². The Balaban J connectivity index is 1.60. The van der Waals surface area contributed by atoms with Crippen molar-refractivity contribution >= 4 is 28.8 Å². The summed E-state index contributed by atoms with van der Waals surface area (Å²) in [6.45, 7) is 4.28. The van der Waals surface area contributed by atoms with E-state index in [-0.39, 0.29) is 30.0 Å². The van der Waals surface area contributed by atoms with Gasteiger partial charge in [0, 0.05) is 23.6 Å². The van der Waals surface area contributed by atoms with E-state index in [9.17, 15) is 14.7 Å². The quantitative estimate of drug-likeness (QED) is 0.468. The summed E-state index contributed by atoms with van der Waals surface area (Å²) in [5, 5.41) is 9.52. The summed E-state index contributed by atoms with van der Waals surface area (Å²) in [5.74, 6) is 0.285. The number of carboxylic acids is 1. The third-order valence-corrected chi connectivity index (χ3v) is 8.09. The zero-order valence-electron chi connectivity index (χ0n) is 21.3. The number of hydrogen-bond acceptors (Lipinski definition) is 4. The number of aliphatic carboxylic acids is 1. The molecule has 7 heteroatoms. The number of nitrogens with zero attached hydrogens (tertiary/aromatic N) is 3. The number of amides is 1. The number of carbonyl (C=O) groups excluding carboxylic acids is 1. The zero-order valence-corrected chi connectivity index (χ0v) is 21.3. The first-order chi connectivity index (χ1) is 17.4. The van der Waals surface area contributed by atoms with Crippen molar-refractivity contribution in [3.05, 3.63) is 59.4 Å². The minimum absolute atomic E-state index is 0.0623. The average Bonchev–Trinajstić information content (AvgIpc) is 3.29. The molecule has 0 radical (unpaired) electrons. The van der Waals surface area contributed by atoms with E-state index in [1.807, 2.05) is 12.1 Å². The van der Waals surface area contributed by atoms with Gasteiger partial charge in [0.15, 0.2) is 0 Å². The first-order valence-electron chi connectivity index (χ1n) is 13.1. The van der Waals surface area contributed by atoms with Crippen LogP contribution in [0.15, 0.2) is 42.5 Å². The molecular weight excluding hydrogens is 454 g/mol. The predicted molar refractivity (Wildman–Crippen MR) is 140 cm³/mol. The van der Waals surface area contributed by atoms with Gasteiger partial charge >= 0.3 is 12.1 Å². The van der Waals surface area contributed by atoms with Gasteiger partial charge in [-0.2, -0.15) is 0 Å². The summed E-state index contributed by atoms with van der Waals surface area (Å²) in [5.41, 5.74) is 5.30. The fourth-order valence-corrected chi connectivity index (χ4v) is 6.16. The van der Waals surface area contributed by atoms with Crippen LogP contribution in [-0.2, 0) is 22.4 Å². The third kappa shape index (κ3) is 4.36. The van der Waals surface area contributed by atoms with Gasteiger partial charge in [-0.15, -0.1) is 0 Å². The minimum atomic E-state index is -0.687. The Kier molecular flexibility index (Phi) is 6.73. The highest BCUT2D eigenvalue weighted by molar-refractivity contribution is 5.95. The van der Waals surface area contributed by atoms with Crippen molar-refractivity contribution in [2.75, 3.05) is 12.0 Å². The molecule has 7 nitrogen and oxygen atoms in total. The largest absolute Gasteiger partial charge is 0.481 e. The van der Waals surface area contributed by atoms with Crippen molar-refractivity contribution in [1.82, 2.24) is 9.55 Å². The van der Waals surface area contributed by atoms with E-state index < -0.39 is 5.97 Å². The number of imidazole rings is 1. The monoisotopic (exact) mass is 489 g/mol. The predicted octanol–water partition coefficient (Wildman–Crippen LogP) is 6.11. The molecule has 0 saturated heterocycles. The molecule has 1 aromatic heterocycles. The van der Waals surface area contributed by atoms with E-state index in [0.717, 1.165) is 60.2 Å². The molecule has 1 aliphatic heterocycles. The Hall–Kier alpha value is -3.35. The molecule has 36 heavy (non-hydrogen) atoms. The minimum Gasteiger partial charge on any atom is -0.481 e. The van der Waals surface area contributed by atoms with Gasteiger partial charge in [0.1, 0.15) is 5.82 Å². The van der Waals surface area contributed by atoms with Gasteiger partial charge in [0.25, 0.3) is 0 Å². The summed E-state index contributed by atoms with van der Waals surface area (Å²) in [6, 6.07) is 14.9. The fourth-order valence-electron chi connectivity index (χ4n) is 6.16. The van der Waals surface area contributed by atoms with Crippen molar-refractivity contribution < 1.29 is 19.4 Å². The zero-order chi connectivity index (χ0) is 25.4. The van der Waals surface area contributed by atoms with Gasteiger partial charge in [0.05, 0.1) is 29.7 Å². The lowest BCUT2D eigenvalue weighted by Gasteiger charge is -2.34. The number of methoxy groups -OCH3 is 1. The molecule has 190 valence electrons. The lowest BCUT2D eigenvalue weighted by Crippen LogP contribution is -2.42. The second-order valence-electron chi connectivity index (χ2n) is 10.4. The van der Waals surface area contributed by atoms with Crippen LogP contribution in [0.3, 0.4) is 0 Å². The Morgan fingerprint density at radius 2 is 1.81 bits per heavy atom. The molecule has 2 aliphatic rings. The summed E-state index contributed by atoms with van der Waals surface area (Å²) < 4.78 is 7.49. The van der Waals surface area contributed by atoms with E-state index in [1.165, 1.54) is 12.7 Å². The molecule has 0 bridgehead atoms. The number of rotatable bonds is 5. The molecule has 1 N–H and O–H groups in total. The number of ether oxygens (including phenoxy) is 1. The van der Waals surface area contributed by atoms with Crippen molar-refractivity contribution in [2.45, 2.75) is 76.8 Å². The van der Waals surface area contributed by atoms with Crippen molar-refractivity contribution in [2.24, 2.45) is 5.92 Å². The molecule has 0 spiro atoms. The number of aryl methyl sites for hydroxylation is 1. The molecular formula is C29H35N3O4. The van der Waals surface area contributed by atoms with Crippen molar-refractivity contribution in [1.29, 1.82) is 0 Å². The van der Waals surface area contributed by atoms with Crippen LogP contribution in [0.25, 0.3) is 11.0 Å². The van der Waals surface area contributed by atoms with Crippen molar-refractivity contribution in [3.8, 4) is 0 Å². The second kappa shape index (κ2) is 9.96. The summed E-state index contributed by atoms with van der Waals surface area (Å²) >= 11 is 0. The van der Waals surface area contributed by atoms with Crippen LogP contribution >= 0.6 is 0 Å². The lowest BCUT2D eigenvalue weighted by molar-refractivity contribution is -0.143. The van der Waals surface area contributed by atoms with Crippen LogP contribution in [0.5, 0.6) is 0 Å². The number of carboxylic acid groups (broad SMARTS) is 1. The molecule has 2 atom stereocenters. The number of carbonyl (C=O) groups is 2. The van der Waals surface area contributed by atoms with Crippen LogP contribution in [0.1, 0.15) is 74.9 Å². The standard InChI is InChI=1S/C29H35N3O4/c1-18(17-20-7-5-4-6-8-20)27-30-26-23-14-9-19(2)31(29(35)36-3)24(23)15-16-25(26)32(27)22-12-10-21(11-13-22)28(33)34/h4-8,15-16,18-19,21-22H,9-14,17H2,1-3H3,(H,33,34)/t18-,19+,21-,22+/m1/s1. The molecule has 5 rings (SSSR count). The smallest absolute Gasteiger partial charge is 0.414 e. The number of fused-ring (bicyclic) bond motifs is 3. The third-order valence-electron chi connectivity index (χ3n) is 8.09. The maximum Gasteiger partial charge on any atom is 0.414 e. The van der Waals surface area contributed by atoms with Gasteiger partial charge in [-0.1, -0.05) is 37.3 Å². The maximum absolute atomic E-state index is 12.6. The van der Waals surface area contributed by atoms with Crippen LogP contribution in [0.2, 0.25) is 0 Å². The maximum atomic E-state index is 12.6. The SMILES string of the molecule is COC(=O)N1c2ccc3c(nc([C@H](C)Cc4ccccc4)n3[C@H]3CC[C@@H](C(=O)O)CC3)c2CC[C@@H]1C. The Morgan fingerprint density at radius 1 is 1.08 bits per heavy atom.